The highest BCUT2D eigenvalue weighted by atomic mass is 32.2. The third-order valence-electron chi connectivity index (χ3n) is 3.28. The van der Waals surface area contributed by atoms with Crippen molar-refractivity contribution >= 4 is 9.84 Å². The van der Waals surface area contributed by atoms with E-state index in [1.165, 1.54) is 0 Å². The summed E-state index contributed by atoms with van der Waals surface area (Å²) in [5.74, 6) is 0. The summed E-state index contributed by atoms with van der Waals surface area (Å²) in [4.78, 5) is 0.371. The van der Waals surface area contributed by atoms with E-state index in [0.717, 1.165) is 31.2 Å². The molecule has 1 aromatic carbocycles. The number of epoxide rings is 1. The van der Waals surface area contributed by atoms with Gasteiger partial charge in [0.2, 0.25) is 9.84 Å². The number of aryl methyl sites for hydroxylation is 1. The normalized spacial score (nSPS) is 23.0. The lowest BCUT2D eigenvalue weighted by molar-refractivity contribution is 0.378. The second-order valence-corrected chi connectivity index (χ2v) is 6.92. The Labute approximate surface area is 109 Å². The fraction of sp³-hybridized carbons (Fsp3) is 0.571. The number of sulfone groups is 1. The molecule has 0 aliphatic carbocycles. The standard InChI is InChI=1S/C14H20O3S/c1-3-4-5-6-13-14(17-13)18(15,16)12-9-7-11(2)8-10-12/h7-10,13-14H,3-6H2,1-2H3/t13-,14-/m0/s1. The number of rotatable bonds is 6. The van der Waals surface area contributed by atoms with Crippen LogP contribution in [0, 0.1) is 6.92 Å². The third kappa shape index (κ3) is 2.93. The van der Waals surface area contributed by atoms with Gasteiger partial charge in [-0.15, -0.1) is 0 Å². The molecule has 2 atom stereocenters. The first-order chi connectivity index (χ1) is 8.55. The van der Waals surface area contributed by atoms with Crippen LogP contribution in [-0.2, 0) is 14.6 Å². The van der Waals surface area contributed by atoms with E-state index in [-0.39, 0.29) is 6.10 Å². The molecule has 0 amide bonds. The average Bonchev–Trinajstić information content (AvgIpc) is 3.10. The Kier molecular flexibility index (Phi) is 4.07. The molecular weight excluding hydrogens is 248 g/mol. The van der Waals surface area contributed by atoms with Crippen LogP contribution in [-0.4, -0.2) is 20.0 Å². The Hall–Kier alpha value is -0.870. The van der Waals surface area contributed by atoms with E-state index in [2.05, 4.69) is 6.92 Å². The Morgan fingerprint density at radius 2 is 1.83 bits per heavy atom. The van der Waals surface area contributed by atoms with E-state index in [1.54, 1.807) is 12.1 Å². The second-order valence-electron chi connectivity index (χ2n) is 4.90. The quantitative estimate of drug-likeness (QED) is 0.588. The highest BCUT2D eigenvalue weighted by Crippen LogP contribution is 2.35. The van der Waals surface area contributed by atoms with Crippen molar-refractivity contribution in [3.8, 4) is 0 Å². The molecule has 1 aromatic rings. The minimum atomic E-state index is -3.29. The molecule has 1 saturated heterocycles. The van der Waals surface area contributed by atoms with Crippen molar-refractivity contribution in [3.63, 3.8) is 0 Å². The van der Waals surface area contributed by atoms with Crippen LogP contribution in [0.2, 0.25) is 0 Å². The van der Waals surface area contributed by atoms with Crippen LogP contribution in [0.15, 0.2) is 29.2 Å². The first-order valence-corrected chi connectivity index (χ1v) is 8.06. The largest absolute Gasteiger partial charge is 0.352 e. The van der Waals surface area contributed by atoms with Crippen molar-refractivity contribution in [2.45, 2.75) is 56.0 Å². The van der Waals surface area contributed by atoms with Crippen molar-refractivity contribution in [2.24, 2.45) is 0 Å². The number of ether oxygens (including phenoxy) is 1. The zero-order valence-electron chi connectivity index (χ0n) is 10.9. The first kappa shape index (κ1) is 13.6. The molecular formula is C14H20O3S. The van der Waals surface area contributed by atoms with Crippen LogP contribution in [0.3, 0.4) is 0 Å². The van der Waals surface area contributed by atoms with E-state index < -0.39 is 15.3 Å². The summed E-state index contributed by atoms with van der Waals surface area (Å²) < 4.78 is 29.8. The van der Waals surface area contributed by atoms with Crippen molar-refractivity contribution in [1.29, 1.82) is 0 Å². The Morgan fingerprint density at radius 3 is 2.44 bits per heavy atom. The summed E-state index contributed by atoms with van der Waals surface area (Å²) >= 11 is 0. The summed E-state index contributed by atoms with van der Waals surface area (Å²) in [7, 11) is -3.29. The molecule has 0 aromatic heterocycles. The zero-order valence-corrected chi connectivity index (χ0v) is 11.7. The minimum absolute atomic E-state index is 0.0946. The number of benzene rings is 1. The zero-order chi connectivity index (χ0) is 13.2. The van der Waals surface area contributed by atoms with Gasteiger partial charge in [0, 0.05) is 0 Å². The number of unbranched alkanes of at least 4 members (excludes halogenated alkanes) is 2. The second kappa shape index (κ2) is 5.41. The molecule has 18 heavy (non-hydrogen) atoms. The van der Waals surface area contributed by atoms with Crippen molar-refractivity contribution < 1.29 is 13.2 Å². The summed E-state index contributed by atoms with van der Waals surface area (Å²) in [5, 5.41) is 0. The molecule has 0 N–H and O–H groups in total. The molecule has 0 spiro atoms. The molecule has 0 radical (unpaired) electrons. The molecule has 100 valence electrons. The number of hydrogen-bond acceptors (Lipinski definition) is 3. The topological polar surface area (TPSA) is 46.7 Å². The summed E-state index contributed by atoms with van der Waals surface area (Å²) in [5.41, 5.74) is 0.447. The van der Waals surface area contributed by atoms with Gasteiger partial charge < -0.3 is 4.74 Å². The van der Waals surface area contributed by atoms with E-state index in [0.29, 0.717) is 4.90 Å². The fourth-order valence-corrected chi connectivity index (χ4v) is 3.67. The van der Waals surface area contributed by atoms with Crippen LogP contribution < -0.4 is 0 Å². The van der Waals surface area contributed by atoms with Gasteiger partial charge in [0.1, 0.15) is 6.10 Å². The Bertz CT molecular complexity index is 490. The van der Waals surface area contributed by atoms with Crippen LogP contribution in [0.4, 0.5) is 0 Å². The van der Waals surface area contributed by atoms with E-state index in [9.17, 15) is 8.42 Å². The number of hydrogen-bond donors (Lipinski definition) is 0. The van der Waals surface area contributed by atoms with Crippen LogP contribution in [0.25, 0.3) is 0 Å². The first-order valence-electron chi connectivity index (χ1n) is 6.51. The maximum atomic E-state index is 12.2. The van der Waals surface area contributed by atoms with Gasteiger partial charge in [0.05, 0.1) is 4.90 Å². The summed E-state index contributed by atoms with van der Waals surface area (Å²) in [6.45, 7) is 4.08. The van der Waals surface area contributed by atoms with Crippen molar-refractivity contribution in [3.05, 3.63) is 29.8 Å². The molecule has 0 unspecified atom stereocenters. The SMILES string of the molecule is CCCCC[C@@H]1O[C@H]1S(=O)(=O)c1ccc(C)cc1. The summed E-state index contributed by atoms with van der Waals surface area (Å²) in [6.07, 6.45) is 4.08. The van der Waals surface area contributed by atoms with Gasteiger partial charge in [-0.1, -0.05) is 43.9 Å². The van der Waals surface area contributed by atoms with Crippen LogP contribution in [0.5, 0.6) is 0 Å². The lowest BCUT2D eigenvalue weighted by atomic mass is 10.2. The lowest BCUT2D eigenvalue weighted by Gasteiger charge is -2.01. The molecule has 4 heteroatoms. The molecule has 1 aliphatic heterocycles. The van der Waals surface area contributed by atoms with E-state index in [1.807, 2.05) is 19.1 Å². The molecule has 3 nitrogen and oxygen atoms in total. The van der Waals surface area contributed by atoms with Crippen molar-refractivity contribution in [2.75, 3.05) is 0 Å². The van der Waals surface area contributed by atoms with Crippen LogP contribution in [0.1, 0.15) is 38.2 Å². The smallest absolute Gasteiger partial charge is 0.207 e. The minimum Gasteiger partial charge on any atom is -0.352 e. The predicted molar refractivity (Wildman–Crippen MR) is 71.2 cm³/mol. The van der Waals surface area contributed by atoms with Gasteiger partial charge in [0.15, 0.2) is 5.44 Å². The summed E-state index contributed by atoms with van der Waals surface area (Å²) in [6, 6.07) is 6.97. The van der Waals surface area contributed by atoms with Crippen molar-refractivity contribution in [1.82, 2.24) is 0 Å². The van der Waals surface area contributed by atoms with Gasteiger partial charge in [-0.3, -0.25) is 0 Å². The molecule has 2 rings (SSSR count). The molecule has 1 fully saturated rings. The van der Waals surface area contributed by atoms with Crippen LogP contribution >= 0.6 is 0 Å². The third-order valence-corrected chi connectivity index (χ3v) is 5.24. The maximum absolute atomic E-state index is 12.2. The molecule has 1 heterocycles. The maximum Gasteiger partial charge on any atom is 0.207 e. The molecule has 0 bridgehead atoms. The molecule has 0 saturated carbocycles. The van der Waals surface area contributed by atoms with Gasteiger partial charge >= 0.3 is 0 Å². The molecule has 1 aliphatic rings. The van der Waals surface area contributed by atoms with E-state index >= 15 is 0 Å². The van der Waals surface area contributed by atoms with Gasteiger partial charge in [0.25, 0.3) is 0 Å². The van der Waals surface area contributed by atoms with Gasteiger partial charge in [-0.05, 0) is 25.5 Å². The lowest BCUT2D eigenvalue weighted by Crippen LogP contribution is -2.11. The van der Waals surface area contributed by atoms with Gasteiger partial charge in [-0.2, -0.15) is 0 Å². The highest BCUT2D eigenvalue weighted by Gasteiger charge is 2.49. The predicted octanol–water partition coefficient (Wildman–Crippen LogP) is 3.07. The Balaban J connectivity index is 1.99. The van der Waals surface area contributed by atoms with E-state index in [4.69, 9.17) is 4.74 Å². The fourth-order valence-electron chi connectivity index (χ4n) is 2.06. The monoisotopic (exact) mass is 268 g/mol. The Morgan fingerprint density at radius 1 is 1.17 bits per heavy atom. The van der Waals surface area contributed by atoms with Gasteiger partial charge in [-0.25, -0.2) is 8.42 Å². The highest BCUT2D eigenvalue weighted by molar-refractivity contribution is 7.92. The average molecular weight is 268 g/mol.